The largest absolute Gasteiger partial charge is 0.341 e. The summed E-state index contributed by atoms with van der Waals surface area (Å²) in [5.74, 6) is 3.29. The van der Waals surface area contributed by atoms with Gasteiger partial charge in [-0.2, -0.15) is 0 Å². The van der Waals surface area contributed by atoms with Crippen molar-refractivity contribution in [2.45, 2.75) is 70.2 Å². The van der Waals surface area contributed by atoms with Gasteiger partial charge in [0.2, 0.25) is 0 Å². The maximum atomic E-state index is 13.5. The molecular weight excluding hydrogens is 432 g/mol. The molecule has 1 N–H and O–H groups in total. The minimum Gasteiger partial charge on any atom is -0.341 e. The van der Waals surface area contributed by atoms with Gasteiger partial charge in [-0.25, -0.2) is 15.0 Å². The second-order valence-corrected chi connectivity index (χ2v) is 12.1. The van der Waals surface area contributed by atoms with Gasteiger partial charge in [-0.15, -0.1) is 0 Å². The number of aromatic nitrogens is 4. The Morgan fingerprint density at radius 1 is 1.09 bits per heavy atom. The van der Waals surface area contributed by atoms with Crippen molar-refractivity contribution >= 4 is 34.5 Å². The van der Waals surface area contributed by atoms with Gasteiger partial charge in [0, 0.05) is 12.3 Å². The van der Waals surface area contributed by atoms with Gasteiger partial charge in [-0.3, -0.25) is 9.59 Å². The molecule has 6 rings (SSSR count). The summed E-state index contributed by atoms with van der Waals surface area (Å²) in [6, 6.07) is 0. The number of rotatable bonds is 4. The molecular formula is C26H32N4O2S. The van der Waals surface area contributed by atoms with E-state index in [0.29, 0.717) is 47.1 Å². The molecule has 0 radical (unpaired) electrons. The fourth-order valence-electron chi connectivity index (χ4n) is 8.18. The molecule has 0 saturated heterocycles. The van der Waals surface area contributed by atoms with Crippen LogP contribution in [0.2, 0.25) is 0 Å². The molecule has 0 spiro atoms. The fraction of sp³-hybridized carbons (Fsp3) is 0.654. The van der Waals surface area contributed by atoms with E-state index in [9.17, 15) is 9.59 Å². The quantitative estimate of drug-likeness (QED) is 0.496. The topological polar surface area (TPSA) is 88.6 Å². The van der Waals surface area contributed by atoms with Crippen LogP contribution in [0.15, 0.2) is 29.3 Å². The average Bonchev–Trinajstić information content (AvgIpc) is 3.42. The van der Waals surface area contributed by atoms with Gasteiger partial charge in [-0.05, 0) is 79.6 Å². The number of carbonyl (C=O) groups is 2. The molecule has 3 fully saturated rings. The number of H-pyrrole nitrogens is 1. The molecule has 33 heavy (non-hydrogen) atoms. The lowest BCUT2D eigenvalue weighted by molar-refractivity contribution is -0.128. The molecule has 2 heterocycles. The zero-order chi connectivity index (χ0) is 22.8. The fourth-order valence-corrected chi connectivity index (χ4v) is 9.08. The Labute approximate surface area is 198 Å². The summed E-state index contributed by atoms with van der Waals surface area (Å²) in [6.45, 7) is 4.83. The van der Waals surface area contributed by atoms with Crippen molar-refractivity contribution < 1.29 is 9.59 Å². The van der Waals surface area contributed by atoms with E-state index >= 15 is 0 Å². The third-order valence-electron chi connectivity index (χ3n) is 9.89. The number of aromatic amines is 1. The third kappa shape index (κ3) is 3.25. The molecule has 0 amide bonds. The standard InChI is InChI=1S/C26H32N4O2S/c1-25-9-7-16(31)11-15(25)3-4-17-18-5-6-20(26(18,2)10-8-19(17)25)21(32)12-33-24-22-23(28-13-27-22)29-14-30-24/h11,13-14,17-20H,3-10,12H2,1-2H3,(H,27,28,29,30). The van der Waals surface area contributed by atoms with Gasteiger partial charge in [0.1, 0.15) is 22.7 Å². The van der Waals surface area contributed by atoms with Crippen LogP contribution >= 0.6 is 11.8 Å². The Morgan fingerprint density at radius 2 is 1.97 bits per heavy atom. The van der Waals surface area contributed by atoms with Crippen LogP contribution < -0.4 is 0 Å². The number of allylic oxidation sites excluding steroid dienone is 1. The molecule has 0 aliphatic heterocycles. The first-order valence-corrected chi connectivity index (χ1v) is 13.4. The molecule has 2 aromatic rings. The van der Waals surface area contributed by atoms with Crippen molar-refractivity contribution in [3.63, 3.8) is 0 Å². The molecule has 7 heteroatoms. The third-order valence-corrected chi connectivity index (χ3v) is 10.9. The van der Waals surface area contributed by atoms with Gasteiger partial charge in [-0.1, -0.05) is 31.2 Å². The van der Waals surface area contributed by atoms with Gasteiger partial charge in [0.25, 0.3) is 0 Å². The van der Waals surface area contributed by atoms with E-state index in [2.05, 4.69) is 33.8 Å². The first-order chi connectivity index (χ1) is 15.9. The van der Waals surface area contributed by atoms with Crippen molar-refractivity contribution in [2.75, 3.05) is 5.75 Å². The van der Waals surface area contributed by atoms with Crippen LogP contribution in [0.25, 0.3) is 11.2 Å². The highest BCUT2D eigenvalue weighted by molar-refractivity contribution is 8.00. The number of fused-ring (bicyclic) bond motifs is 6. The predicted octanol–water partition coefficient (Wildman–Crippen LogP) is 5.16. The van der Waals surface area contributed by atoms with Crippen molar-refractivity contribution in [2.24, 2.45) is 34.5 Å². The number of ketones is 2. The van der Waals surface area contributed by atoms with E-state index < -0.39 is 0 Å². The smallest absolute Gasteiger partial charge is 0.181 e. The zero-order valence-electron chi connectivity index (χ0n) is 19.5. The maximum absolute atomic E-state index is 13.5. The van der Waals surface area contributed by atoms with E-state index in [4.69, 9.17) is 0 Å². The summed E-state index contributed by atoms with van der Waals surface area (Å²) in [6.07, 6.45) is 13.6. The Kier molecular flexibility index (Phi) is 5.05. The lowest BCUT2D eigenvalue weighted by Gasteiger charge is -2.58. The van der Waals surface area contributed by atoms with Crippen LogP contribution in [0.3, 0.4) is 0 Å². The molecule has 6 atom stereocenters. The second kappa shape index (κ2) is 7.76. The van der Waals surface area contributed by atoms with E-state index in [1.807, 2.05) is 6.08 Å². The highest BCUT2D eigenvalue weighted by Crippen LogP contribution is 2.66. The van der Waals surface area contributed by atoms with Gasteiger partial charge < -0.3 is 4.98 Å². The van der Waals surface area contributed by atoms with Crippen molar-refractivity contribution in [1.29, 1.82) is 0 Å². The number of nitrogens with zero attached hydrogens (tertiary/aromatic N) is 3. The number of hydrogen-bond acceptors (Lipinski definition) is 6. The number of carbonyl (C=O) groups excluding carboxylic acids is 2. The average molecular weight is 465 g/mol. The molecule has 4 aliphatic carbocycles. The van der Waals surface area contributed by atoms with E-state index in [1.165, 1.54) is 42.9 Å². The van der Waals surface area contributed by atoms with Gasteiger partial charge in [0.05, 0.1) is 12.1 Å². The van der Waals surface area contributed by atoms with E-state index in [0.717, 1.165) is 36.2 Å². The number of Topliss-reactive ketones (excluding diaryl/α,β-unsaturated/α-hetero) is 1. The Morgan fingerprint density at radius 3 is 2.85 bits per heavy atom. The van der Waals surface area contributed by atoms with Crippen molar-refractivity contribution in [3.05, 3.63) is 24.3 Å². The number of thioether (sulfide) groups is 1. The lowest BCUT2D eigenvalue weighted by Crippen LogP contribution is -2.51. The predicted molar refractivity (Wildman–Crippen MR) is 128 cm³/mol. The van der Waals surface area contributed by atoms with Crippen LogP contribution in [0.5, 0.6) is 0 Å². The highest BCUT2D eigenvalue weighted by Gasteiger charge is 2.59. The van der Waals surface area contributed by atoms with Crippen molar-refractivity contribution in [3.8, 4) is 0 Å². The van der Waals surface area contributed by atoms with Crippen LogP contribution in [-0.4, -0.2) is 37.3 Å². The number of nitrogens with one attached hydrogen (secondary N) is 1. The van der Waals surface area contributed by atoms with Crippen LogP contribution in [-0.2, 0) is 9.59 Å². The number of imidazole rings is 1. The van der Waals surface area contributed by atoms with E-state index in [-0.39, 0.29) is 16.7 Å². The normalized spacial score (nSPS) is 37.9. The van der Waals surface area contributed by atoms with Crippen LogP contribution in [0, 0.1) is 34.5 Å². The van der Waals surface area contributed by atoms with Gasteiger partial charge in [0.15, 0.2) is 11.4 Å². The minimum atomic E-state index is 0.107. The molecule has 6 nitrogen and oxygen atoms in total. The van der Waals surface area contributed by atoms with Crippen LogP contribution in [0.1, 0.15) is 65.2 Å². The Balaban J connectivity index is 1.19. The van der Waals surface area contributed by atoms with Crippen LogP contribution in [0.4, 0.5) is 0 Å². The second-order valence-electron chi connectivity index (χ2n) is 11.2. The SMILES string of the molecule is CC12CCC(=O)C=C1CCC1C2CCC2(C)C(C(=O)CSc3ncnc4nc[nH]c34)CCC12. The summed E-state index contributed by atoms with van der Waals surface area (Å²) in [7, 11) is 0. The summed E-state index contributed by atoms with van der Waals surface area (Å²) in [5, 5.41) is 0.806. The summed E-state index contributed by atoms with van der Waals surface area (Å²) in [4.78, 5) is 41.4. The zero-order valence-corrected chi connectivity index (χ0v) is 20.3. The van der Waals surface area contributed by atoms with Gasteiger partial charge >= 0.3 is 0 Å². The maximum Gasteiger partial charge on any atom is 0.181 e. The summed E-state index contributed by atoms with van der Waals surface area (Å²) < 4.78 is 0. The first kappa shape index (κ1) is 21.5. The monoisotopic (exact) mass is 464 g/mol. The Bertz CT molecular complexity index is 1160. The molecule has 0 bridgehead atoms. The number of hydrogen-bond donors (Lipinski definition) is 1. The molecule has 6 unspecified atom stereocenters. The molecule has 4 aliphatic rings. The first-order valence-electron chi connectivity index (χ1n) is 12.4. The molecule has 174 valence electrons. The van der Waals surface area contributed by atoms with E-state index in [1.54, 1.807) is 6.33 Å². The molecule has 3 saturated carbocycles. The summed E-state index contributed by atoms with van der Waals surface area (Å²) in [5.41, 5.74) is 3.18. The molecule has 2 aromatic heterocycles. The summed E-state index contributed by atoms with van der Waals surface area (Å²) >= 11 is 1.51. The highest BCUT2D eigenvalue weighted by atomic mass is 32.2. The molecule has 0 aromatic carbocycles. The minimum absolute atomic E-state index is 0.107. The lowest BCUT2D eigenvalue weighted by atomic mass is 9.46. The van der Waals surface area contributed by atoms with Crippen molar-refractivity contribution in [1.82, 2.24) is 19.9 Å². The Hall–Kier alpha value is -2.02.